The summed E-state index contributed by atoms with van der Waals surface area (Å²) < 4.78 is 0. The summed E-state index contributed by atoms with van der Waals surface area (Å²) in [6, 6.07) is 80.8. The average Bonchev–Trinajstić information content (AvgIpc) is 1.53. The van der Waals surface area contributed by atoms with Crippen molar-refractivity contribution in [2.75, 3.05) is 0 Å². The van der Waals surface area contributed by atoms with Gasteiger partial charge in [-0.2, -0.15) is 5.71 Å². The van der Waals surface area contributed by atoms with E-state index in [1.165, 1.54) is 184 Å². The second kappa shape index (κ2) is 26.4. The van der Waals surface area contributed by atoms with Crippen molar-refractivity contribution in [1.82, 2.24) is 4.98 Å². The molecule has 15 rings (SSSR count). The zero-order valence-corrected chi connectivity index (χ0v) is 54.7. The molecule has 4 saturated carbocycles. The number of hydrogen-bond acceptors (Lipinski definition) is 1. The first-order chi connectivity index (χ1) is 44.0. The summed E-state index contributed by atoms with van der Waals surface area (Å²) in [5.74, 6) is 2.01. The van der Waals surface area contributed by atoms with Gasteiger partial charge in [-0.25, -0.2) is 0 Å². The van der Waals surface area contributed by atoms with Crippen LogP contribution in [0.5, 0.6) is 0 Å². The van der Waals surface area contributed by atoms with E-state index in [-0.39, 0.29) is 21.1 Å². The molecule has 0 spiro atoms. The van der Waals surface area contributed by atoms with Crippen molar-refractivity contribution in [1.29, 1.82) is 0 Å². The van der Waals surface area contributed by atoms with Crippen LogP contribution in [-0.4, -0.2) is 10.7 Å². The van der Waals surface area contributed by atoms with Crippen LogP contribution in [0.3, 0.4) is 0 Å². The van der Waals surface area contributed by atoms with E-state index in [2.05, 4.69) is 200 Å². The van der Waals surface area contributed by atoms with Crippen molar-refractivity contribution >= 4 is 16.9 Å². The Kier molecular flexibility index (Phi) is 17.6. The van der Waals surface area contributed by atoms with Gasteiger partial charge in [-0.05, 0) is 178 Å². The van der Waals surface area contributed by atoms with Crippen molar-refractivity contribution in [3.8, 4) is 22.3 Å². The third-order valence-corrected chi connectivity index (χ3v) is 22.0. The first kappa shape index (κ1) is 60.1. The third kappa shape index (κ3) is 10.8. The fourth-order valence-electron chi connectivity index (χ4n) is 17.6. The van der Waals surface area contributed by atoms with Crippen LogP contribution in [0.1, 0.15) is 243 Å². The molecule has 0 radical (unpaired) electrons. The van der Waals surface area contributed by atoms with Gasteiger partial charge in [0.2, 0.25) is 0 Å². The topological polar surface area (TPSA) is 35.2 Å². The largest absolute Gasteiger partial charge is 0.806 e. The Hall–Kier alpha value is -7.51. The number of allylic oxidation sites excluding steroid dienone is 4. The molecule has 0 N–H and O–H groups in total. The predicted molar refractivity (Wildman–Crippen MR) is 371 cm³/mol. The number of nitrogens with zero attached hydrogens (tertiary/aromatic N) is 2. The van der Waals surface area contributed by atoms with Gasteiger partial charge in [-0.15, -0.1) is 76.4 Å². The zero-order valence-electron chi connectivity index (χ0n) is 52.4. The Morgan fingerprint density at radius 3 is 1.23 bits per heavy atom. The van der Waals surface area contributed by atoms with Crippen LogP contribution in [0.4, 0.5) is 0 Å². The molecule has 0 aliphatic heterocycles. The maximum atomic E-state index is 13.7. The first-order valence-electron chi connectivity index (χ1n) is 34.3. The van der Waals surface area contributed by atoms with Crippen molar-refractivity contribution in [3.63, 3.8) is 0 Å². The monoisotopic (exact) mass is 1350 g/mol. The second-order valence-electron chi connectivity index (χ2n) is 27.0. The summed E-state index contributed by atoms with van der Waals surface area (Å²) in [5, 5.41) is 13.7. The molecule has 0 bridgehead atoms. The number of benzene rings is 8. The van der Waals surface area contributed by atoms with Gasteiger partial charge in [0.15, 0.2) is 0 Å². The molecule has 454 valence electrons. The van der Waals surface area contributed by atoms with Crippen LogP contribution in [0.25, 0.3) is 38.8 Å². The molecule has 1 aromatic heterocycles. The molecule has 6 aliphatic carbocycles. The molecule has 0 unspecified atom stereocenters. The number of pyridine rings is 1. The Bertz CT molecular complexity index is 3960. The molecule has 8 aromatic carbocycles. The zero-order chi connectivity index (χ0) is 59.7. The van der Waals surface area contributed by atoms with Crippen LogP contribution in [0.2, 0.25) is 0 Å². The Labute approximate surface area is 550 Å². The summed E-state index contributed by atoms with van der Waals surface area (Å²) in [6.45, 7) is 2.05. The van der Waals surface area contributed by atoms with Crippen molar-refractivity contribution in [2.24, 2.45) is 0 Å². The van der Waals surface area contributed by atoms with Crippen molar-refractivity contribution in [3.05, 3.63) is 320 Å². The minimum atomic E-state index is -1.07. The molecule has 4 fully saturated rings. The van der Waals surface area contributed by atoms with Crippen LogP contribution >= 0.6 is 0 Å². The molecule has 0 atom stereocenters. The standard InChI is InChI=1S/C87H83N2.Pt/c1-2-3-10-43-82(88)86(78-56-66(60-27-11-4-12-28-60)45-49-74(78)75-50-46-67(57-79(75)86)61-29-13-5-14-30-61)72-41-25-39-70(54-72)85(84(64-35-19-8-20-36-64)65-37-21-9-22-38-65)71-40-26-42-73(55-71)87(83-44-23-24-53-89-83)80-58-68(62-31-15-6-16-32-62)47-51-76(80)77-52-48-69(59-81(77)87)63-33-17-7-18-34-63;/h2-3,8-10,19-26,35-53,56-63H,4-7,11-18,27-34H2,1H3;/q-3;/b3-2-,43-10-;. The van der Waals surface area contributed by atoms with Gasteiger partial charge in [0.05, 0.1) is 11.1 Å². The van der Waals surface area contributed by atoms with E-state index < -0.39 is 10.8 Å². The van der Waals surface area contributed by atoms with Crippen LogP contribution in [-0.2, 0) is 31.9 Å². The van der Waals surface area contributed by atoms with Gasteiger partial charge in [-0.3, -0.25) is 4.98 Å². The quantitative estimate of drug-likeness (QED) is 0.0462. The van der Waals surface area contributed by atoms with Crippen LogP contribution in [0.15, 0.2) is 219 Å². The van der Waals surface area contributed by atoms with E-state index in [1.54, 1.807) is 0 Å². The third-order valence-electron chi connectivity index (χ3n) is 22.0. The van der Waals surface area contributed by atoms with Gasteiger partial charge in [-0.1, -0.05) is 241 Å². The molecule has 2 nitrogen and oxygen atoms in total. The van der Waals surface area contributed by atoms with Gasteiger partial charge in [0.25, 0.3) is 0 Å². The Balaban J connectivity index is 0.00000707. The molecule has 0 saturated heterocycles. The van der Waals surface area contributed by atoms with E-state index in [0.29, 0.717) is 29.4 Å². The molecule has 0 amide bonds. The Morgan fingerprint density at radius 2 is 0.811 bits per heavy atom. The van der Waals surface area contributed by atoms with Crippen molar-refractivity contribution < 1.29 is 21.1 Å². The van der Waals surface area contributed by atoms with E-state index in [4.69, 9.17) is 4.98 Å². The van der Waals surface area contributed by atoms with E-state index in [9.17, 15) is 5.41 Å². The summed E-state index contributed by atoms with van der Waals surface area (Å²) in [5.41, 5.74) is 23.4. The minimum Gasteiger partial charge on any atom is -0.806 e. The normalized spacial score (nSPS) is 18.1. The summed E-state index contributed by atoms with van der Waals surface area (Å²) in [4.78, 5) is 5.50. The maximum absolute atomic E-state index is 13.7. The summed E-state index contributed by atoms with van der Waals surface area (Å²) in [6.07, 6.45) is 35.1. The fourth-order valence-corrected chi connectivity index (χ4v) is 17.6. The predicted octanol–water partition coefficient (Wildman–Crippen LogP) is 22.7. The molecule has 90 heavy (non-hydrogen) atoms. The summed E-state index contributed by atoms with van der Waals surface area (Å²) in [7, 11) is 0. The molecule has 3 heteroatoms. The van der Waals surface area contributed by atoms with Gasteiger partial charge in [0.1, 0.15) is 0 Å². The number of hydrogen-bond donors (Lipinski definition) is 0. The van der Waals surface area contributed by atoms with Crippen LogP contribution in [0, 0.1) is 12.1 Å². The van der Waals surface area contributed by atoms with Crippen LogP contribution < -0.4 is 0 Å². The number of aromatic nitrogens is 1. The molecule has 9 aromatic rings. The fraction of sp³-hybridized carbons (Fsp3) is 0.310. The number of fused-ring (bicyclic) bond motifs is 6. The van der Waals surface area contributed by atoms with E-state index in [0.717, 1.165) is 61.3 Å². The van der Waals surface area contributed by atoms with E-state index in [1.807, 2.05) is 37.4 Å². The SMILES string of the molecule is C/C=C\C=C/C(=[N-])C1(c2[c-]c(C(=C(c3ccccc3)c3ccccc3)c3[c-]c(C4(c5ccccn5)c5cc(C6CCCCC6)ccc5-c5ccc(C6CCCCC6)cc54)ccc3)ccc2)c2cc(C3CCCCC3)ccc2-c2ccc(C3CCCCC3)cc21.[Pt]. The van der Waals surface area contributed by atoms with Crippen molar-refractivity contribution in [2.45, 2.75) is 170 Å². The van der Waals surface area contributed by atoms with Gasteiger partial charge < -0.3 is 5.41 Å². The minimum absolute atomic E-state index is 0. The molecule has 6 aliphatic rings. The molecular formula is C87H83N2Pt-3. The van der Waals surface area contributed by atoms with E-state index >= 15 is 0 Å². The Morgan fingerprint density at radius 1 is 0.411 bits per heavy atom. The first-order valence-corrected chi connectivity index (χ1v) is 34.3. The van der Waals surface area contributed by atoms with Gasteiger partial charge >= 0.3 is 0 Å². The summed E-state index contributed by atoms with van der Waals surface area (Å²) >= 11 is 0. The smallest absolute Gasteiger partial charge is 0.0717 e. The average molecular weight is 1350 g/mol. The number of rotatable bonds is 14. The van der Waals surface area contributed by atoms with Gasteiger partial charge in [0, 0.05) is 32.7 Å². The second-order valence-corrected chi connectivity index (χ2v) is 27.0. The molecular weight excluding hydrogens is 1270 g/mol. The molecule has 1 heterocycles. The maximum Gasteiger partial charge on any atom is 0.0717 e.